The van der Waals surface area contributed by atoms with Gasteiger partial charge >= 0.3 is 0 Å². The van der Waals surface area contributed by atoms with Crippen LogP contribution in [0.3, 0.4) is 0 Å². The minimum Gasteiger partial charge on any atom is -0.496 e. The fraction of sp³-hybridized carbons (Fsp3) is 0.625. The van der Waals surface area contributed by atoms with Crippen molar-refractivity contribution in [2.24, 2.45) is 5.73 Å². The lowest BCUT2D eigenvalue weighted by Crippen LogP contribution is -2.34. The number of hydrogen-bond acceptors (Lipinski definition) is 2. The van der Waals surface area contributed by atoms with E-state index in [1.807, 2.05) is 0 Å². The van der Waals surface area contributed by atoms with Crippen molar-refractivity contribution in [1.29, 1.82) is 0 Å². The molecule has 0 radical (unpaired) electrons. The molecule has 1 aliphatic rings. The summed E-state index contributed by atoms with van der Waals surface area (Å²) in [5.74, 6) is 0.990. The predicted octanol–water partition coefficient (Wildman–Crippen LogP) is 3.55. The zero-order valence-corrected chi connectivity index (χ0v) is 11.7. The fourth-order valence-electron chi connectivity index (χ4n) is 3.17. The smallest absolute Gasteiger partial charge is 0.122 e. The fourth-order valence-corrected chi connectivity index (χ4v) is 3.17. The maximum Gasteiger partial charge on any atom is 0.122 e. The van der Waals surface area contributed by atoms with Crippen molar-refractivity contribution in [3.63, 3.8) is 0 Å². The normalized spacial score (nSPS) is 19.3. The van der Waals surface area contributed by atoms with Gasteiger partial charge < -0.3 is 10.5 Å². The number of nitrogens with two attached hydrogens (primary N) is 1. The van der Waals surface area contributed by atoms with E-state index in [0.29, 0.717) is 0 Å². The molecule has 0 aromatic heterocycles. The average molecular weight is 247 g/mol. The molecule has 2 rings (SSSR count). The zero-order valence-electron chi connectivity index (χ0n) is 11.7. The van der Waals surface area contributed by atoms with Crippen molar-refractivity contribution in [2.45, 2.75) is 50.9 Å². The van der Waals surface area contributed by atoms with E-state index in [4.69, 9.17) is 10.5 Å². The Morgan fingerprint density at radius 3 is 2.39 bits per heavy atom. The molecule has 0 unspecified atom stereocenters. The van der Waals surface area contributed by atoms with Gasteiger partial charge in [-0.2, -0.15) is 0 Å². The Morgan fingerprint density at radius 2 is 1.83 bits per heavy atom. The van der Waals surface area contributed by atoms with Gasteiger partial charge in [-0.3, -0.25) is 0 Å². The molecule has 0 saturated heterocycles. The van der Waals surface area contributed by atoms with E-state index in [9.17, 15) is 0 Å². The minimum absolute atomic E-state index is 0.178. The van der Waals surface area contributed by atoms with Crippen molar-refractivity contribution in [3.05, 3.63) is 29.3 Å². The molecule has 18 heavy (non-hydrogen) atoms. The molecule has 1 aromatic carbocycles. The molecule has 0 atom stereocenters. The number of hydrogen-bond donors (Lipinski definition) is 1. The van der Waals surface area contributed by atoms with Crippen LogP contribution in [-0.2, 0) is 5.41 Å². The van der Waals surface area contributed by atoms with Crippen LogP contribution in [0.25, 0.3) is 0 Å². The van der Waals surface area contributed by atoms with E-state index >= 15 is 0 Å². The molecule has 0 aliphatic heterocycles. The molecule has 0 heterocycles. The third kappa shape index (κ3) is 2.54. The highest BCUT2D eigenvalue weighted by Gasteiger charge is 2.31. The lowest BCUT2D eigenvalue weighted by molar-refractivity contribution is 0.374. The molecule has 1 aromatic rings. The van der Waals surface area contributed by atoms with Gasteiger partial charge in [0, 0.05) is 12.0 Å². The molecule has 1 fully saturated rings. The van der Waals surface area contributed by atoms with Crippen LogP contribution in [-0.4, -0.2) is 13.7 Å². The molecule has 2 nitrogen and oxygen atoms in total. The second-order valence-corrected chi connectivity index (χ2v) is 5.58. The lowest BCUT2D eigenvalue weighted by atomic mass is 9.74. The van der Waals surface area contributed by atoms with E-state index in [0.717, 1.165) is 12.3 Å². The van der Waals surface area contributed by atoms with Gasteiger partial charge in [0.25, 0.3) is 0 Å². The summed E-state index contributed by atoms with van der Waals surface area (Å²) in [5.41, 5.74) is 8.87. The Hall–Kier alpha value is -1.02. The highest BCUT2D eigenvalue weighted by molar-refractivity contribution is 5.40. The quantitative estimate of drug-likeness (QED) is 0.829. The average Bonchev–Trinajstić information content (AvgIpc) is 2.65. The molecular formula is C16H25NO. The van der Waals surface area contributed by atoms with Crippen LogP contribution in [0, 0.1) is 6.92 Å². The second-order valence-electron chi connectivity index (χ2n) is 5.58. The first-order valence-corrected chi connectivity index (χ1v) is 7.07. The van der Waals surface area contributed by atoms with Crippen molar-refractivity contribution in [2.75, 3.05) is 13.7 Å². The number of ether oxygens (including phenoxy) is 1. The Labute approximate surface area is 111 Å². The van der Waals surface area contributed by atoms with Crippen LogP contribution in [0.15, 0.2) is 18.2 Å². The number of methoxy groups -OCH3 is 1. The maximum absolute atomic E-state index is 6.13. The van der Waals surface area contributed by atoms with E-state index in [1.165, 1.54) is 49.7 Å². The van der Waals surface area contributed by atoms with E-state index < -0.39 is 0 Å². The monoisotopic (exact) mass is 247 g/mol. The van der Waals surface area contributed by atoms with Crippen molar-refractivity contribution in [1.82, 2.24) is 0 Å². The Balaban J connectivity index is 2.36. The molecule has 0 spiro atoms. The zero-order chi connectivity index (χ0) is 13.0. The van der Waals surface area contributed by atoms with Crippen molar-refractivity contribution >= 4 is 0 Å². The summed E-state index contributed by atoms with van der Waals surface area (Å²) in [6.45, 7) is 2.84. The largest absolute Gasteiger partial charge is 0.496 e. The topological polar surface area (TPSA) is 35.2 Å². The first kappa shape index (κ1) is 13.4. The highest BCUT2D eigenvalue weighted by Crippen LogP contribution is 2.39. The highest BCUT2D eigenvalue weighted by atomic mass is 16.5. The first-order valence-electron chi connectivity index (χ1n) is 7.07. The summed E-state index contributed by atoms with van der Waals surface area (Å²) in [4.78, 5) is 0. The molecule has 2 heteroatoms. The molecule has 0 amide bonds. The predicted molar refractivity (Wildman–Crippen MR) is 76.2 cm³/mol. The van der Waals surface area contributed by atoms with E-state index in [1.54, 1.807) is 7.11 Å². The van der Waals surface area contributed by atoms with Crippen LogP contribution >= 0.6 is 0 Å². The maximum atomic E-state index is 6.13. The summed E-state index contributed by atoms with van der Waals surface area (Å²) in [6, 6.07) is 6.61. The van der Waals surface area contributed by atoms with Crippen molar-refractivity contribution in [3.8, 4) is 5.75 Å². The van der Waals surface area contributed by atoms with Crippen LogP contribution in [0.2, 0.25) is 0 Å². The second kappa shape index (κ2) is 5.75. The number of aryl methyl sites for hydroxylation is 1. The third-order valence-electron chi connectivity index (χ3n) is 4.47. The van der Waals surface area contributed by atoms with Crippen LogP contribution in [0.4, 0.5) is 0 Å². The Kier molecular flexibility index (Phi) is 4.28. The molecule has 1 saturated carbocycles. The molecule has 0 bridgehead atoms. The van der Waals surface area contributed by atoms with Gasteiger partial charge in [0.2, 0.25) is 0 Å². The first-order chi connectivity index (χ1) is 8.72. The summed E-state index contributed by atoms with van der Waals surface area (Å²) in [5, 5.41) is 0. The Morgan fingerprint density at radius 1 is 1.17 bits per heavy atom. The molecule has 2 N–H and O–H groups in total. The number of benzene rings is 1. The number of rotatable bonds is 3. The summed E-state index contributed by atoms with van der Waals surface area (Å²) in [6.07, 6.45) is 7.74. The van der Waals surface area contributed by atoms with Crippen molar-refractivity contribution < 1.29 is 4.74 Å². The standard InChI is InChI=1S/C16H25NO/c1-13-7-8-14(11-15(13)18-2)16(12-17)9-5-3-4-6-10-16/h7-8,11H,3-6,9-10,12,17H2,1-2H3. The van der Waals surface area contributed by atoms with Gasteiger partial charge in [0.15, 0.2) is 0 Å². The molecule has 100 valence electrons. The van der Waals surface area contributed by atoms with Gasteiger partial charge in [-0.1, -0.05) is 37.8 Å². The summed E-state index contributed by atoms with van der Waals surface area (Å²) >= 11 is 0. The molecule has 1 aliphatic carbocycles. The SMILES string of the molecule is COc1cc(C2(CN)CCCCCC2)ccc1C. The molecular weight excluding hydrogens is 222 g/mol. The third-order valence-corrected chi connectivity index (χ3v) is 4.47. The minimum atomic E-state index is 0.178. The van der Waals surface area contributed by atoms with E-state index in [-0.39, 0.29) is 5.41 Å². The van der Waals surface area contributed by atoms with Gasteiger partial charge in [0.1, 0.15) is 5.75 Å². The van der Waals surface area contributed by atoms with Gasteiger partial charge in [-0.15, -0.1) is 0 Å². The van der Waals surface area contributed by atoms with Gasteiger partial charge in [0.05, 0.1) is 7.11 Å². The summed E-state index contributed by atoms with van der Waals surface area (Å²) in [7, 11) is 1.74. The lowest BCUT2D eigenvalue weighted by Gasteiger charge is -2.32. The van der Waals surface area contributed by atoms with Crippen LogP contribution < -0.4 is 10.5 Å². The van der Waals surface area contributed by atoms with Crippen LogP contribution in [0.1, 0.15) is 49.7 Å². The Bertz CT molecular complexity index is 392. The summed E-state index contributed by atoms with van der Waals surface area (Å²) < 4.78 is 5.46. The van der Waals surface area contributed by atoms with E-state index in [2.05, 4.69) is 25.1 Å². The van der Waals surface area contributed by atoms with Gasteiger partial charge in [-0.05, 0) is 37.0 Å². The van der Waals surface area contributed by atoms with Gasteiger partial charge in [-0.25, -0.2) is 0 Å². The van der Waals surface area contributed by atoms with Crippen LogP contribution in [0.5, 0.6) is 5.75 Å².